The lowest BCUT2D eigenvalue weighted by molar-refractivity contribution is -0.139. The second-order valence-corrected chi connectivity index (χ2v) is 7.92. The van der Waals surface area contributed by atoms with Crippen molar-refractivity contribution in [3.63, 3.8) is 0 Å². The third-order valence-electron chi connectivity index (χ3n) is 5.86. The van der Waals surface area contributed by atoms with Crippen LogP contribution in [0, 0.1) is 22.7 Å². The molecule has 1 aliphatic heterocycles. The Labute approximate surface area is 146 Å². The summed E-state index contributed by atoms with van der Waals surface area (Å²) in [5.41, 5.74) is 0.538. The van der Waals surface area contributed by atoms with Gasteiger partial charge in [0.25, 0.3) is 0 Å². The van der Waals surface area contributed by atoms with Crippen molar-refractivity contribution in [1.82, 2.24) is 9.78 Å². The van der Waals surface area contributed by atoms with Crippen molar-refractivity contribution >= 4 is 28.6 Å². The second kappa shape index (κ2) is 5.62. The van der Waals surface area contributed by atoms with Gasteiger partial charge in [-0.2, -0.15) is 0 Å². The van der Waals surface area contributed by atoms with Crippen LogP contribution in [-0.2, 0) is 4.79 Å². The Morgan fingerprint density at radius 3 is 2.62 bits per heavy atom. The zero-order valence-corrected chi connectivity index (χ0v) is 15.0. The maximum atomic E-state index is 11.0. The number of nitrogens with zero attached hydrogens (tertiary/aromatic N) is 3. The van der Waals surface area contributed by atoms with Gasteiger partial charge in [0.1, 0.15) is 11.1 Å². The summed E-state index contributed by atoms with van der Waals surface area (Å²) in [5, 5.41) is 13.5. The van der Waals surface area contributed by atoms with E-state index in [2.05, 4.69) is 37.8 Å². The van der Waals surface area contributed by atoms with E-state index in [1.807, 2.05) is 0 Å². The highest BCUT2D eigenvalue weighted by atomic mass is 35.5. The van der Waals surface area contributed by atoms with Gasteiger partial charge in [-0.1, -0.05) is 39.3 Å². The third-order valence-corrected chi connectivity index (χ3v) is 6.21. The van der Waals surface area contributed by atoms with E-state index in [4.69, 9.17) is 21.4 Å². The summed E-state index contributed by atoms with van der Waals surface area (Å²) in [5.74, 6) is -0.215. The van der Waals surface area contributed by atoms with Crippen LogP contribution in [0.5, 0.6) is 5.88 Å². The molecule has 1 aliphatic carbocycles. The largest absolute Gasteiger partial charge is 0.481 e. The van der Waals surface area contributed by atoms with Gasteiger partial charge in [0.2, 0.25) is 5.88 Å². The third kappa shape index (κ3) is 2.73. The molecule has 0 amide bonds. The van der Waals surface area contributed by atoms with Gasteiger partial charge in [-0.3, -0.25) is 4.79 Å². The minimum Gasteiger partial charge on any atom is -0.481 e. The van der Waals surface area contributed by atoms with Gasteiger partial charge in [-0.05, 0) is 23.3 Å². The molecule has 7 heteroatoms. The number of hydrogen-bond donors (Lipinski definition) is 1. The van der Waals surface area contributed by atoms with Gasteiger partial charge in [-0.15, -0.1) is 5.10 Å². The summed E-state index contributed by atoms with van der Waals surface area (Å²) in [6.07, 6.45) is 3.75. The molecule has 1 aromatic rings. The molecular weight excluding hydrogens is 330 g/mol. The molecular formula is C17H22ClN3O3. The monoisotopic (exact) mass is 351 g/mol. The van der Waals surface area contributed by atoms with Crippen LogP contribution in [-0.4, -0.2) is 32.6 Å². The Morgan fingerprint density at radius 2 is 2.08 bits per heavy atom. The SMILES string of the molecule is CC1(C)C(COc2ccn(C3=CCC(C(=O)O)C(Cl)=N3)n2)C1(C)C. The van der Waals surface area contributed by atoms with Crippen LogP contribution in [0.2, 0.25) is 0 Å². The molecule has 1 unspecified atom stereocenters. The summed E-state index contributed by atoms with van der Waals surface area (Å²) in [6.45, 7) is 9.63. The predicted octanol–water partition coefficient (Wildman–Crippen LogP) is 3.48. The van der Waals surface area contributed by atoms with Crippen LogP contribution >= 0.6 is 11.6 Å². The van der Waals surface area contributed by atoms with Crippen molar-refractivity contribution in [2.75, 3.05) is 6.61 Å². The first-order chi connectivity index (χ1) is 11.1. The van der Waals surface area contributed by atoms with Gasteiger partial charge >= 0.3 is 5.97 Å². The van der Waals surface area contributed by atoms with Gasteiger partial charge in [0.05, 0.1) is 6.61 Å². The predicted molar refractivity (Wildman–Crippen MR) is 92.1 cm³/mol. The Kier molecular flexibility index (Phi) is 3.98. The van der Waals surface area contributed by atoms with Crippen molar-refractivity contribution in [3.8, 4) is 5.88 Å². The van der Waals surface area contributed by atoms with E-state index in [1.165, 1.54) is 0 Å². The maximum absolute atomic E-state index is 11.0. The molecule has 0 aromatic carbocycles. The summed E-state index contributed by atoms with van der Waals surface area (Å²) >= 11 is 5.96. The lowest BCUT2D eigenvalue weighted by atomic mass is 10.0. The zero-order chi connectivity index (χ0) is 17.7. The highest BCUT2D eigenvalue weighted by molar-refractivity contribution is 6.67. The zero-order valence-electron chi connectivity index (χ0n) is 14.3. The van der Waals surface area contributed by atoms with Crippen LogP contribution in [0.1, 0.15) is 34.1 Å². The maximum Gasteiger partial charge on any atom is 0.313 e. The topological polar surface area (TPSA) is 76.7 Å². The highest BCUT2D eigenvalue weighted by Gasteiger charge is 2.64. The molecule has 0 spiro atoms. The van der Waals surface area contributed by atoms with Crippen LogP contribution in [0.4, 0.5) is 0 Å². The fourth-order valence-corrected chi connectivity index (χ4v) is 3.60. The van der Waals surface area contributed by atoms with Crippen LogP contribution in [0.15, 0.2) is 23.3 Å². The normalized spacial score (nSPS) is 25.0. The first-order valence-corrected chi connectivity index (χ1v) is 8.38. The second-order valence-electron chi connectivity index (χ2n) is 7.53. The molecule has 0 radical (unpaired) electrons. The summed E-state index contributed by atoms with van der Waals surface area (Å²) in [6, 6.07) is 1.77. The Morgan fingerprint density at radius 1 is 1.42 bits per heavy atom. The average molecular weight is 352 g/mol. The van der Waals surface area contributed by atoms with Gasteiger partial charge < -0.3 is 9.84 Å². The van der Waals surface area contributed by atoms with Gasteiger partial charge in [0.15, 0.2) is 5.82 Å². The van der Waals surface area contributed by atoms with E-state index in [9.17, 15) is 4.79 Å². The van der Waals surface area contributed by atoms with E-state index >= 15 is 0 Å². The quantitative estimate of drug-likeness (QED) is 0.881. The molecule has 6 nitrogen and oxygen atoms in total. The molecule has 2 heterocycles. The van der Waals surface area contributed by atoms with E-state index in [-0.39, 0.29) is 16.0 Å². The number of aromatic nitrogens is 2. The molecule has 3 rings (SSSR count). The van der Waals surface area contributed by atoms with E-state index in [1.54, 1.807) is 23.0 Å². The van der Waals surface area contributed by atoms with Crippen molar-refractivity contribution in [2.45, 2.75) is 34.1 Å². The number of carboxylic acid groups (broad SMARTS) is 1. The Hall–Kier alpha value is -1.82. The molecule has 1 saturated carbocycles. The number of halogens is 1. The number of ether oxygens (including phenoxy) is 1. The molecule has 0 bridgehead atoms. The number of aliphatic imine (C=N–C) groups is 1. The highest BCUT2D eigenvalue weighted by Crippen LogP contribution is 2.68. The van der Waals surface area contributed by atoms with Gasteiger partial charge in [0, 0.05) is 18.2 Å². The van der Waals surface area contributed by atoms with E-state index in [0.717, 1.165) is 0 Å². The molecule has 1 atom stereocenters. The first kappa shape index (κ1) is 17.0. The van der Waals surface area contributed by atoms with E-state index < -0.39 is 11.9 Å². The van der Waals surface area contributed by atoms with Crippen LogP contribution in [0.3, 0.4) is 0 Å². The Balaban J connectivity index is 1.64. The lowest BCUT2D eigenvalue weighted by Gasteiger charge is -2.14. The molecule has 1 N–H and O–H groups in total. The molecule has 1 aromatic heterocycles. The van der Waals surface area contributed by atoms with Crippen molar-refractivity contribution in [3.05, 3.63) is 18.3 Å². The number of carbonyl (C=O) groups is 1. The molecule has 2 aliphatic rings. The molecule has 0 saturated heterocycles. The summed E-state index contributed by atoms with van der Waals surface area (Å²) in [7, 11) is 0. The van der Waals surface area contributed by atoms with E-state index in [0.29, 0.717) is 30.6 Å². The molecule has 130 valence electrons. The number of hydrogen-bond acceptors (Lipinski definition) is 4. The summed E-state index contributed by atoms with van der Waals surface area (Å²) < 4.78 is 7.38. The minimum atomic E-state index is -0.974. The standard InChI is InChI=1S/C17H22ClN3O3/c1-16(2)11(17(16,3)4)9-24-13-7-8-21(20-13)12-6-5-10(15(22)23)14(18)19-12/h6-8,10-11H,5,9H2,1-4H3,(H,22,23). The number of carboxylic acids is 1. The van der Waals surface area contributed by atoms with Gasteiger partial charge in [-0.25, -0.2) is 9.67 Å². The number of rotatable bonds is 5. The molecule has 1 fully saturated rings. The number of aliphatic carboxylic acids is 1. The fourth-order valence-electron chi connectivity index (χ4n) is 3.33. The lowest BCUT2D eigenvalue weighted by Crippen LogP contribution is -2.22. The van der Waals surface area contributed by atoms with Crippen LogP contribution < -0.4 is 4.74 Å². The fraction of sp³-hybridized carbons (Fsp3) is 0.588. The van der Waals surface area contributed by atoms with Crippen molar-refractivity contribution in [2.24, 2.45) is 27.7 Å². The minimum absolute atomic E-state index is 0.0689. The number of allylic oxidation sites excluding steroid dienone is 1. The first-order valence-electron chi connectivity index (χ1n) is 8.00. The van der Waals surface area contributed by atoms with Crippen molar-refractivity contribution in [1.29, 1.82) is 0 Å². The van der Waals surface area contributed by atoms with Crippen LogP contribution in [0.25, 0.3) is 5.82 Å². The van der Waals surface area contributed by atoms with Crippen molar-refractivity contribution < 1.29 is 14.6 Å². The average Bonchev–Trinajstić information content (AvgIpc) is 2.84. The molecule has 24 heavy (non-hydrogen) atoms. The smallest absolute Gasteiger partial charge is 0.313 e. The Bertz CT molecular complexity index is 719. The summed E-state index contributed by atoms with van der Waals surface area (Å²) in [4.78, 5) is 15.2.